The van der Waals surface area contributed by atoms with Crippen LogP contribution in [0.25, 0.3) is 0 Å². The van der Waals surface area contributed by atoms with Gasteiger partial charge in [-0.25, -0.2) is 0 Å². The molecule has 1 aromatic heterocycles. The molecule has 0 saturated carbocycles. The highest BCUT2D eigenvalue weighted by molar-refractivity contribution is 4.98. The van der Waals surface area contributed by atoms with Crippen LogP contribution in [0.15, 0.2) is 4.52 Å². The van der Waals surface area contributed by atoms with Crippen molar-refractivity contribution in [3.63, 3.8) is 0 Å². The highest BCUT2D eigenvalue weighted by Gasteiger charge is 2.27. The average Bonchev–Trinajstić information content (AvgIpc) is 2.50. The van der Waals surface area contributed by atoms with Crippen LogP contribution in [-0.4, -0.2) is 40.3 Å². The van der Waals surface area contributed by atoms with Gasteiger partial charge in [-0.2, -0.15) is 4.98 Å². The van der Waals surface area contributed by atoms with Crippen LogP contribution in [0.4, 0.5) is 0 Å². The van der Waals surface area contributed by atoms with E-state index in [9.17, 15) is 5.11 Å². The van der Waals surface area contributed by atoms with Gasteiger partial charge in [0.05, 0.1) is 18.6 Å². The van der Waals surface area contributed by atoms with Crippen molar-refractivity contribution >= 4 is 0 Å². The lowest BCUT2D eigenvalue weighted by atomic mass is 9.91. The van der Waals surface area contributed by atoms with Crippen molar-refractivity contribution in [3.8, 4) is 0 Å². The second-order valence-corrected chi connectivity index (χ2v) is 4.80. The molecule has 0 spiro atoms. The van der Waals surface area contributed by atoms with Gasteiger partial charge in [-0.1, -0.05) is 19.0 Å². The molecule has 1 N–H and O–H groups in total. The molecule has 0 amide bonds. The van der Waals surface area contributed by atoms with E-state index < -0.39 is 6.10 Å². The van der Waals surface area contributed by atoms with Gasteiger partial charge in [0.2, 0.25) is 5.89 Å². The molecule has 1 rings (SSSR count). The zero-order valence-corrected chi connectivity index (χ0v) is 10.6. The molecule has 0 saturated heterocycles. The number of hydrogen-bond acceptors (Lipinski definition) is 5. The van der Waals surface area contributed by atoms with Crippen molar-refractivity contribution in [1.29, 1.82) is 0 Å². The second-order valence-electron chi connectivity index (χ2n) is 4.80. The quantitative estimate of drug-likeness (QED) is 0.820. The van der Waals surface area contributed by atoms with Crippen LogP contribution in [0, 0.1) is 5.92 Å². The number of aliphatic hydroxyl groups excluding tert-OH is 1. The van der Waals surface area contributed by atoms with E-state index in [0.29, 0.717) is 18.3 Å². The third-order valence-corrected chi connectivity index (χ3v) is 2.46. The molecule has 0 bridgehead atoms. The van der Waals surface area contributed by atoms with E-state index in [4.69, 9.17) is 4.52 Å². The molecule has 0 aliphatic rings. The first-order valence-electron chi connectivity index (χ1n) is 5.57. The summed E-state index contributed by atoms with van der Waals surface area (Å²) in [6.45, 7) is 6.47. The van der Waals surface area contributed by atoms with Crippen LogP contribution in [0.5, 0.6) is 0 Å². The lowest BCUT2D eigenvalue weighted by molar-refractivity contribution is 0.120. The first-order valence-corrected chi connectivity index (χ1v) is 5.57. The number of rotatable bonds is 5. The summed E-state index contributed by atoms with van der Waals surface area (Å²) < 4.78 is 5.20. The van der Waals surface area contributed by atoms with Crippen molar-refractivity contribution in [2.45, 2.75) is 39.3 Å². The van der Waals surface area contributed by atoms with Crippen molar-refractivity contribution in [2.24, 2.45) is 5.92 Å². The summed E-state index contributed by atoms with van der Waals surface area (Å²) >= 11 is 0. The summed E-state index contributed by atoms with van der Waals surface area (Å²) in [7, 11) is 3.90. The minimum absolute atomic E-state index is 0.0941. The first-order chi connectivity index (χ1) is 7.41. The maximum absolute atomic E-state index is 9.69. The van der Waals surface area contributed by atoms with Crippen LogP contribution in [-0.2, 0) is 6.54 Å². The zero-order chi connectivity index (χ0) is 12.3. The Bertz CT molecular complexity index is 313. The van der Waals surface area contributed by atoms with Crippen molar-refractivity contribution < 1.29 is 9.63 Å². The van der Waals surface area contributed by atoms with Crippen LogP contribution in [0.3, 0.4) is 0 Å². The Labute approximate surface area is 96.5 Å². The largest absolute Gasteiger partial charge is 0.393 e. The summed E-state index contributed by atoms with van der Waals surface area (Å²) in [6, 6.07) is 0. The maximum atomic E-state index is 9.69. The molecule has 2 unspecified atom stereocenters. The van der Waals surface area contributed by atoms with E-state index in [-0.39, 0.29) is 11.8 Å². The first kappa shape index (κ1) is 13.1. The Balaban J connectivity index is 2.82. The van der Waals surface area contributed by atoms with Crippen molar-refractivity contribution in [2.75, 3.05) is 14.1 Å². The second kappa shape index (κ2) is 5.41. The summed E-state index contributed by atoms with van der Waals surface area (Å²) in [5, 5.41) is 13.6. The van der Waals surface area contributed by atoms with Gasteiger partial charge in [-0.3, -0.25) is 0 Å². The van der Waals surface area contributed by atoms with E-state index in [0.717, 1.165) is 0 Å². The lowest BCUT2D eigenvalue weighted by Crippen LogP contribution is -2.20. The zero-order valence-electron chi connectivity index (χ0n) is 10.6. The highest BCUT2D eigenvalue weighted by Crippen LogP contribution is 2.26. The van der Waals surface area contributed by atoms with Gasteiger partial charge in [0.25, 0.3) is 0 Å². The predicted molar refractivity (Wildman–Crippen MR) is 60.9 cm³/mol. The van der Waals surface area contributed by atoms with Gasteiger partial charge in [0.1, 0.15) is 0 Å². The molecule has 0 aromatic carbocycles. The molecule has 16 heavy (non-hydrogen) atoms. The molecule has 92 valence electrons. The number of nitrogens with zero attached hydrogens (tertiary/aromatic N) is 3. The van der Waals surface area contributed by atoms with Crippen LogP contribution >= 0.6 is 0 Å². The van der Waals surface area contributed by atoms with E-state index in [1.165, 1.54) is 0 Å². The molecule has 0 aliphatic carbocycles. The minimum atomic E-state index is -0.479. The summed E-state index contributed by atoms with van der Waals surface area (Å²) in [4.78, 5) is 6.29. The van der Waals surface area contributed by atoms with Crippen LogP contribution < -0.4 is 0 Å². The Hall–Kier alpha value is -0.940. The Kier molecular flexibility index (Phi) is 4.44. The molecule has 2 atom stereocenters. The van der Waals surface area contributed by atoms with Crippen LogP contribution in [0.1, 0.15) is 38.4 Å². The minimum Gasteiger partial charge on any atom is -0.393 e. The molecule has 5 nitrogen and oxygen atoms in total. The van der Waals surface area contributed by atoms with E-state index in [1.54, 1.807) is 6.92 Å². The third-order valence-electron chi connectivity index (χ3n) is 2.46. The molecule has 0 aliphatic heterocycles. The number of hydrogen-bond donors (Lipinski definition) is 1. The molecular formula is C11H21N3O2. The van der Waals surface area contributed by atoms with E-state index in [1.807, 2.05) is 32.8 Å². The number of aromatic nitrogens is 2. The van der Waals surface area contributed by atoms with Crippen molar-refractivity contribution in [3.05, 3.63) is 11.7 Å². The molecular weight excluding hydrogens is 206 g/mol. The van der Waals surface area contributed by atoms with Gasteiger partial charge in [0.15, 0.2) is 5.82 Å². The summed E-state index contributed by atoms with van der Waals surface area (Å²) in [6.07, 6.45) is -0.479. The Morgan fingerprint density at radius 3 is 2.38 bits per heavy atom. The fraction of sp³-hybridized carbons (Fsp3) is 0.818. The summed E-state index contributed by atoms with van der Waals surface area (Å²) in [5.74, 6) is 1.37. The lowest BCUT2D eigenvalue weighted by Gasteiger charge is -2.19. The number of aliphatic hydroxyl groups is 1. The fourth-order valence-corrected chi connectivity index (χ4v) is 1.80. The smallest absolute Gasteiger partial charge is 0.232 e. The average molecular weight is 227 g/mol. The van der Waals surface area contributed by atoms with Gasteiger partial charge < -0.3 is 14.5 Å². The normalized spacial score (nSPS) is 15.8. The van der Waals surface area contributed by atoms with Crippen LogP contribution in [0.2, 0.25) is 0 Å². The predicted octanol–water partition coefficient (Wildman–Crippen LogP) is 1.25. The SMILES string of the molecule is CC(C)C(c1nc(CN(C)C)no1)C(C)O. The molecule has 0 radical (unpaired) electrons. The maximum Gasteiger partial charge on any atom is 0.232 e. The standard InChI is InChI=1S/C11H21N3O2/c1-7(2)10(8(3)15)11-12-9(13-16-11)6-14(4)5/h7-8,10,15H,6H2,1-5H3. The monoisotopic (exact) mass is 227 g/mol. The Morgan fingerprint density at radius 2 is 1.94 bits per heavy atom. The van der Waals surface area contributed by atoms with E-state index >= 15 is 0 Å². The van der Waals surface area contributed by atoms with Crippen molar-refractivity contribution in [1.82, 2.24) is 15.0 Å². The van der Waals surface area contributed by atoms with Gasteiger partial charge >= 0.3 is 0 Å². The topological polar surface area (TPSA) is 62.4 Å². The molecule has 1 heterocycles. The van der Waals surface area contributed by atoms with Gasteiger partial charge in [0, 0.05) is 0 Å². The van der Waals surface area contributed by atoms with Gasteiger partial charge in [-0.15, -0.1) is 0 Å². The fourth-order valence-electron chi connectivity index (χ4n) is 1.80. The molecule has 5 heteroatoms. The van der Waals surface area contributed by atoms with Gasteiger partial charge in [-0.05, 0) is 26.9 Å². The van der Waals surface area contributed by atoms with E-state index in [2.05, 4.69) is 10.1 Å². The third kappa shape index (κ3) is 3.28. The Morgan fingerprint density at radius 1 is 1.31 bits per heavy atom. The molecule has 0 fully saturated rings. The molecule has 1 aromatic rings. The highest BCUT2D eigenvalue weighted by atomic mass is 16.5. The summed E-state index contributed by atoms with van der Waals surface area (Å²) in [5.41, 5.74) is 0.